The Labute approximate surface area is 131 Å². The Balaban J connectivity index is 1.73. The van der Waals surface area contributed by atoms with Crippen LogP contribution in [0.3, 0.4) is 0 Å². The van der Waals surface area contributed by atoms with Gasteiger partial charge in [0, 0.05) is 21.2 Å². The van der Waals surface area contributed by atoms with Gasteiger partial charge in [-0.05, 0) is 27.4 Å². The Morgan fingerprint density at radius 3 is 2.80 bits per heavy atom. The molecule has 0 aromatic carbocycles. The van der Waals surface area contributed by atoms with Crippen molar-refractivity contribution in [2.45, 2.75) is 18.5 Å². The molecule has 1 fully saturated rings. The van der Waals surface area contributed by atoms with E-state index < -0.39 is 12.1 Å². The van der Waals surface area contributed by atoms with Gasteiger partial charge in [-0.15, -0.1) is 22.7 Å². The minimum absolute atomic E-state index is 0.178. The second-order valence-corrected chi connectivity index (χ2v) is 6.89. The maximum atomic E-state index is 12.1. The van der Waals surface area contributed by atoms with Gasteiger partial charge in [0.15, 0.2) is 6.04 Å². The molecular weight excluding hydrogens is 362 g/mol. The van der Waals surface area contributed by atoms with Crippen LogP contribution in [0, 0.1) is 0 Å². The van der Waals surface area contributed by atoms with E-state index in [4.69, 9.17) is 0 Å². The summed E-state index contributed by atoms with van der Waals surface area (Å²) in [5, 5.41) is 9.21. The average molecular weight is 372 g/mol. The van der Waals surface area contributed by atoms with Gasteiger partial charge >= 0.3 is 0 Å². The van der Waals surface area contributed by atoms with E-state index in [1.165, 1.54) is 11.3 Å². The lowest BCUT2D eigenvalue weighted by Gasteiger charge is -2.28. The van der Waals surface area contributed by atoms with Gasteiger partial charge in [0.05, 0.1) is 11.2 Å². The molecule has 0 saturated carbocycles. The number of hydrogen-bond donors (Lipinski definition) is 2. The van der Waals surface area contributed by atoms with Gasteiger partial charge in [0.1, 0.15) is 6.04 Å². The van der Waals surface area contributed by atoms with Crippen molar-refractivity contribution in [3.8, 4) is 0 Å². The SMILES string of the molecule is O=C1N[C@@H](Cc2sccc2Br)C(=O)NC1c1cscn1. The maximum Gasteiger partial charge on any atom is 0.249 e. The van der Waals surface area contributed by atoms with E-state index in [0.717, 1.165) is 9.35 Å². The third-order valence-corrected chi connectivity index (χ3v) is 5.56. The minimum Gasteiger partial charge on any atom is -0.342 e. The second-order valence-electron chi connectivity index (χ2n) is 4.31. The zero-order chi connectivity index (χ0) is 14.1. The Kier molecular flexibility index (Phi) is 3.86. The Morgan fingerprint density at radius 2 is 2.15 bits per heavy atom. The summed E-state index contributed by atoms with van der Waals surface area (Å²) >= 11 is 6.38. The molecule has 20 heavy (non-hydrogen) atoms. The Hall–Kier alpha value is -1.25. The smallest absolute Gasteiger partial charge is 0.249 e. The summed E-state index contributed by atoms with van der Waals surface area (Å²) in [4.78, 5) is 29.3. The van der Waals surface area contributed by atoms with Crippen molar-refractivity contribution in [1.82, 2.24) is 15.6 Å². The highest BCUT2D eigenvalue weighted by Crippen LogP contribution is 2.25. The van der Waals surface area contributed by atoms with Crippen LogP contribution in [-0.2, 0) is 16.0 Å². The molecule has 0 radical (unpaired) electrons. The van der Waals surface area contributed by atoms with E-state index in [-0.39, 0.29) is 11.8 Å². The molecule has 0 bridgehead atoms. The van der Waals surface area contributed by atoms with E-state index in [0.29, 0.717) is 12.1 Å². The van der Waals surface area contributed by atoms with Gasteiger partial charge < -0.3 is 10.6 Å². The molecule has 3 heterocycles. The lowest BCUT2D eigenvalue weighted by Crippen LogP contribution is -2.58. The minimum atomic E-state index is -0.684. The summed E-state index contributed by atoms with van der Waals surface area (Å²) in [6, 6.07) is 0.713. The van der Waals surface area contributed by atoms with Crippen LogP contribution >= 0.6 is 38.6 Å². The van der Waals surface area contributed by atoms with Crippen LogP contribution in [0.15, 0.2) is 26.8 Å². The molecular formula is C12H10BrN3O2S2. The van der Waals surface area contributed by atoms with Crippen molar-refractivity contribution in [1.29, 1.82) is 0 Å². The van der Waals surface area contributed by atoms with E-state index in [2.05, 4.69) is 31.5 Å². The van der Waals surface area contributed by atoms with Crippen molar-refractivity contribution < 1.29 is 9.59 Å². The van der Waals surface area contributed by atoms with Crippen LogP contribution in [0.2, 0.25) is 0 Å². The highest BCUT2D eigenvalue weighted by atomic mass is 79.9. The third-order valence-electron chi connectivity index (χ3n) is 3.01. The lowest BCUT2D eigenvalue weighted by atomic mass is 10.1. The molecule has 0 aliphatic carbocycles. The molecule has 1 aliphatic rings. The topological polar surface area (TPSA) is 71.1 Å². The normalized spacial score (nSPS) is 22.4. The molecule has 5 nitrogen and oxygen atoms in total. The monoisotopic (exact) mass is 371 g/mol. The van der Waals surface area contributed by atoms with Crippen molar-refractivity contribution in [3.05, 3.63) is 37.4 Å². The fourth-order valence-electron chi connectivity index (χ4n) is 2.00. The molecule has 0 spiro atoms. The number of carbonyl (C=O) groups excluding carboxylic acids is 2. The summed E-state index contributed by atoms with van der Waals surface area (Å²) in [6.45, 7) is 0. The number of rotatable bonds is 3. The predicted octanol–water partition coefficient (Wildman–Crippen LogP) is 1.87. The number of aromatic nitrogens is 1. The number of carbonyl (C=O) groups is 2. The molecule has 2 aromatic rings. The van der Waals surface area contributed by atoms with Crippen LogP contribution in [0.5, 0.6) is 0 Å². The first kappa shape index (κ1) is 13.7. The zero-order valence-electron chi connectivity index (χ0n) is 10.1. The molecule has 3 rings (SSSR count). The number of halogens is 1. The fourth-order valence-corrected chi connectivity index (χ4v) is 4.14. The standard InChI is InChI=1S/C12H10BrN3O2S2/c13-6-1-2-20-9(6)3-7-11(17)16-10(12(18)15-7)8-4-19-5-14-8/h1-2,4-5,7,10H,3H2,(H,15,18)(H,16,17)/t7-,10?/m0/s1. The number of thiophene rings is 1. The van der Waals surface area contributed by atoms with E-state index in [9.17, 15) is 9.59 Å². The van der Waals surface area contributed by atoms with Crippen LogP contribution < -0.4 is 10.6 Å². The number of amides is 2. The number of nitrogens with zero attached hydrogens (tertiary/aromatic N) is 1. The molecule has 2 N–H and O–H groups in total. The van der Waals surface area contributed by atoms with Gasteiger partial charge in [0.25, 0.3) is 0 Å². The van der Waals surface area contributed by atoms with Crippen LogP contribution in [0.25, 0.3) is 0 Å². The van der Waals surface area contributed by atoms with Gasteiger partial charge in [-0.1, -0.05) is 0 Å². The van der Waals surface area contributed by atoms with Crippen molar-refractivity contribution in [3.63, 3.8) is 0 Å². The predicted molar refractivity (Wildman–Crippen MR) is 80.7 cm³/mol. The van der Waals surface area contributed by atoms with E-state index >= 15 is 0 Å². The fraction of sp³-hybridized carbons (Fsp3) is 0.250. The van der Waals surface area contributed by atoms with Crippen LogP contribution in [0.1, 0.15) is 16.6 Å². The first-order valence-corrected chi connectivity index (χ1v) is 8.47. The number of thiazole rings is 1. The summed E-state index contributed by atoms with van der Waals surface area (Å²) in [5.74, 6) is -0.393. The van der Waals surface area contributed by atoms with Gasteiger partial charge in [-0.25, -0.2) is 4.98 Å². The van der Waals surface area contributed by atoms with Crippen molar-refractivity contribution >= 4 is 50.4 Å². The number of piperazine rings is 1. The average Bonchev–Trinajstić information content (AvgIpc) is 3.06. The molecule has 1 saturated heterocycles. The van der Waals surface area contributed by atoms with Crippen LogP contribution in [0.4, 0.5) is 0 Å². The van der Waals surface area contributed by atoms with Crippen LogP contribution in [-0.4, -0.2) is 22.8 Å². The molecule has 2 atom stereocenters. The van der Waals surface area contributed by atoms with E-state index in [1.807, 2.05) is 11.4 Å². The van der Waals surface area contributed by atoms with Gasteiger partial charge in [0.2, 0.25) is 11.8 Å². The highest BCUT2D eigenvalue weighted by Gasteiger charge is 2.35. The van der Waals surface area contributed by atoms with Gasteiger partial charge in [-0.2, -0.15) is 0 Å². The summed E-state index contributed by atoms with van der Waals surface area (Å²) < 4.78 is 0.964. The van der Waals surface area contributed by atoms with Gasteiger partial charge in [-0.3, -0.25) is 9.59 Å². The Morgan fingerprint density at radius 1 is 1.30 bits per heavy atom. The summed E-state index contributed by atoms with van der Waals surface area (Å²) in [5.41, 5.74) is 2.22. The first-order valence-electron chi connectivity index (χ1n) is 5.86. The Bertz CT molecular complexity index is 641. The molecule has 1 unspecified atom stereocenters. The lowest BCUT2D eigenvalue weighted by molar-refractivity contribution is -0.137. The molecule has 8 heteroatoms. The second kappa shape index (κ2) is 5.63. The number of nitrogens with one attached hydrogen (secondary N) is 2. The largest absolute Gasteiger partial charge is 0.342 e. The maximum absolute atomic E-state index is 12.1. The molecule has 2 amide bonds. The van der Waals surface area contributed by atoms with E-state index in [1.54, 1.807) is 22.2 Å². The summed E-state index contributed by atoms with van der Waals surface area (Å²) in [6.07, 6.45) is 0.486. The summed E-state index contributed by atoms with van der Waals surface area (Å²) in [7, 11) is 0. The molecule has 104 valence electrons. The van der Waals surface area contributed by atoms with Crippen molar-refractivity contribution in [2.24, 2.45) is 0 Å². The molecule has 1 aliphatic heterocycles. The quantitative estimate of drug-likeness (QED) is 0.864. The van der Waals surface area contributed by atoms with Crippen molar-refractivity contribution in [2.75, 3.05) is 0 Å². The third kappa shape index (κ3) is 2.63. The number of hydrogen-bond acceptors (Lipinski definition) is 5. The highest BCUT2D eigenvalue weighted by molar-refractivity contribution is 9.10. The first-order chi connectivity index (χ1) is 9.65. The molecule has 2 aromatic heterocycles. The zero-order valence-corrected chi connectivity index (χ0v) is 13.3.